The smallest absolute Gasteiger partial charge is 0.136 e. The Morgan fingerprint density at radius 1 is 0.731 bits per heavy atom. The Kier molecular flexibility index (Phi) is 4.23. The van der Waals surface area contributed by atoms with Gasteiger partial charge in [0.2, 0.25) is 0 Å². The fourth-order valence-corrected chi connectivity index (χ4v) is 3.18. The number of rotatable bonds is 2. The molecule has 4 heteroatoms. The summed E-state index contributed by atoms with van der Waals surface area (Å²) < 4.78 is 5.99. The van der Waals surface area contributed by atoms with E-state index in [2.05, 4.69) is 27.4 Å². The molecule has 0 radical (unpaired) electrons. The lowest BCUT2D eigenvalue weighted by Crippen LogP contribution is -2.32. The van der Waals surface area contributed by atoms with Crippen LogP contribution in [0.25, 0.3) is 21.9 Å². The van der Waals surface area contributed by atoms with E-state index >= 15 is 0 Å². The summed E-state index contributed by atoms with van der Waals surface area (Å²) in [5.74, 6) is 1.53. The van der Waals surface area contributed by atoms with E-state index < -0.39 is 0 Å². The first kappa shape index (κ1) is 16.1. The van der Waals surface area contributed by atoms with Crippen molar-refractivity contribution in [2.75, 3.05) is 14.1 Å². The molecule has 128 valence electrons. The van der Waals surface area contributed by atoms with Crippen molar-refractivity contribution in [2.24, 2.45) is 9.98 Å². The average molecular weight is 341 g/mol. The molecule has 4 nitrogen and oxygen atoms in total. The maximum atomic E-state index is 5.99. The van der Waals surface area contributed by atoms with E-state index in [9.17, 15) is 0 Å². The maximum Gasteiger partial charge on any atom is 0.136 e. The van der Waals surface area contributed by atoms with Gasteiger partial charge in [-0.25, -0.2) is 0 Å². The van der Waals surface area contributed by atoms with E-state index in [-0.39, 0.29) is 0 Å². The third kappa shape index (κ3) is 2.75. The molecule has 0 aliphatic carbocycles. The zero-order valence-electron chi connectivity index (χ0n) is 14.7. The van der Waals surface area contributed by atoms with Crippen molar-refractivity contribution in [3.8, 4) is 0 Å². The summed E-state index contributed by atoms with van der Waals surface area (Å²) >= 11 is 0. The van der Waals surface area contributed by atoms with Crippen molar-refractivity contribution in [3.63, 3.8) is 0 Å². The third-order valence-electron chi connectivity index (χ3n) is 4.39. The predicted octanol–water partition coefficient (Wildman–Crippen LogP) is 4.63. The zero-order chi connectivity index (χ0) is 17.9. The number of aliphatic imine (C=N–C) groups is 2. The number of hydrogen-bond acceptors (Lipinski definition) is 3. The first-order chi connectivity index (χ1) is 12.8. The molecule has 0 saturated carbocycles. The summed E-state index contributed by atoms with van der Waals surface area (Å²) in [5, 5.41) is 5.53. The lowest BCUT2D eigenvalue weighted by molar-refractivity contribution is 0.669. The Balaban J connectivity index is 1.83. The van der Waals surface area contributed by atoms with Crippen molar-refractivity contribution >= 4 is 33.6 Å². The maximum absolute atomic E-state index is 5.99. The summed E-state index contributed by atoms with van der Waals surface area (Å²) in [5.41, 5.74) is 3.73. The zero-order valence-corrected chi connectivity index (χ0v) is 14.7. The van der Waals surface area contributed by atoms with Crippen LogP contribution in [0.15, 0.2) is 87.2 Å². The van der Waals surface area contributed by atoms with Gasteiger partial charge in [0.1, 0.15) is 22.8 Å². The molecule has 0 fully saturated rings. The molecule has 0 bridgehead atoms. The summed E-state index contributed by atoms with van der Waals surface area (Å²) in [6.07, 6.45) is 0. The van der Waals surface area contributed by atoms with Crippen LogP contribution in [0.2, 0.25) is 0 Å². The van der Waals surface area contributed by atoms with E-state index in [1.54, 1.807) is 14.1 Å². The molecule has 0 spiro atoms. The molecule has 3 aromatic carbocycles. The van der Waals surface area contributed by atoms with E-state index in [4.69, 9.17) is 4.42 Å². The van der Waals surface area contributed by atoms with Crippen LogP contribution in [0.5, 0.6) is 0 Å². The molecule has 4 rings (SSSR count). The fraction of sp³-hybridized carbons (Fsp3) is 0.0909. The minimum atomic E-state index is 0.756. The second kappa shape index (κ2) is 6.84. The second-order valence-electron chi connectivity index (χ2n) is 5.91. The number of benzene rings is 3. The molecule has 26 heavy (non-hydrogen) atoms. The summed E-state index contributed by atoms with van der Waals surface area (Å²) in [4.78, 5) is 8.89. The van der Waals surface area contributed by atoms with Gasteiger partial charge in [-0.15, -0.1) is 0 Å². The molecule has 1 N–H and O–H groups in total. The van der Waals surface area contributed by atoms with Gasteiger partial charge < -0.3 is 9.73 Å². The van der Waals surface area contributed by atoms with Crippen LogP contribution in [-0.2, 0) is 0 Å². The van der Waals surface area contributed by atoms with Gasteiger partial charge >= 0.3 is 0 Å². The minimum Gasteiger partial charge on any atom is -0.456 e. The summed E-state index contributed by atoms with van der Waals surface area (Å²) in [6.45, 7) is 0. The van der Waals surface area contributed by atoms with Crippen LogP contribution < -0.4 is 5.32 Å². The van der Waals surface area contributed by atoms with E-state index in [0.717, 1.165) is 44.7 Å². The molecule has 0 unspecified atom stereocenters. The highest BCUT2D eigenvalue weighted by molar-refractivity contribution is 6.22. The Bertz CT molecular complexity index is 1120. The highest BCUT2D eigenvalue weighted by Gasteiger charge is 2.15. The van der Waals surface area contributed by atoms with E-state index in [1.807, 2.05) is 60.7 Å². The van der Waals surface area contributed by atoms with Gasteiger partial charge in [-0.3, -0.25) is 9.98 Å². The number of furan rings is 1. The van der Waals surface area contributed by atoms with Gasteiger partial charge in [0.15, 0.2) is 0 Å². The monoisotopic (exact) mass is 341 g/mol. The number of amidine groups is 2. The molecular weight excluding hydrogens is 322 g/mol. The number of nitrogens with one attached hydrogen (secondary N) is 1. The van der Waals surface area contributed by atoms with Crippen molar-refractivity contribution in [2.45, 2.75) is 0 Å². The number of fused-ring (bicyclic) bond motifs is 3. The summed E-state index contributed by atoms with van der Waals surface area (Å²) in [6, 6.07) is 24.1. The quantitative estimate of drug-likeness (QED) is 0.427. The largest absolute Gasteiger partial charge is 0.456 e. The molecule has 0 amide bonds. The minimum absolute atomic E-state index is 0.756. The predicted molar refractivity (Wildman–Crippen MR) is 108 cm³/mol. The van der Waals surface area contributed by atoms with Crippen molar-refractivity contribution in [1.29, 1.82) is 0 Å². The van der Waals surface area contributed by atoms with Crippen LogP contribution in [0.3, 0.4) is 0 Å². The Morgan fingerprint density at radius 2 is 1.42 bits per heavy atom. The average Bonchev–Trinajstić information content (AvgIpc) is 3.08. The Labute approximate surface area is 151 Å². The summed E-state index contributed by atoms with van der Waals surface area (Å²) in [7, 11) is 3.55. The molecule has 1 aromatic heterocycles. The van der Waals surface area contributed by atoms with Gasteiger partial charge in [-0.2, -0.15) is 0 Å². The van der Waals surface area contributed by atoms with Crippen LogP contribution in [0.4, 0.5) is 0 Å². The van der Waals surface area contributed by atoms with Gasteiger partial charge in [-0.1, -0.05) is 60.7 Å². The van der Waals surface area contributed by atoms with Gasteiger partial charge in [0.25, 0.3) is 0 Å². The molecule has 0 aliphatic rings. The molecular formula is C22H19N3O. The number of nitrogens with zero attached hydrogens (tertiary/aromatic N) is 2. The first-order valence-electron chi connectivity index (χ1n) is 8.48. The standard InChI is InChI=1S/C22H19N3O/c1-23-21(15-9-4-3-5-10-15)25-22(24-2)17-12-8-14-19-20(17)16-11-6-7-13-18(16)26-19/h3-14H,1-2H3,(H,23,24,25). The van der Waals surface area contributed by atoms with Crippen LogP contribution in [0.1, 0.15) is 11.1 Å². The SMILES string of the molecule is CN=C(NC(=NC)c1cccc2oc3ccccc3c12)c1ccccc1. The molecule has 4 aromatic rings. The van der Waals surface area contributed by atoms with Crippen LogP contribution in [0, 0.1) is 0 Å². The van der Waals surface area contributed by atoms with Crippen molar-refractivity contribution in [1.82, 2.24) is 5.32 Å². The number of hydrogen-bond donors (Lipinski definition) is 1. The fourth-order valence-electron chi connectivity index (χ4n) is 3.18. The van der Waals surface area contributed by atoms with Gasteiger partial charge in [-0.05, 0) is 12.1 Å². The molecule has 0 saturated heterocycles. The highest BCUT2D eigenvalue weighted by atomic mass is 16.3. The van der Waals surface area contributed by atoms with Crippen LogP contribution >= 0.6 is 0 Å². The lowest BCUT2D eigenvalue weighted by atomic mass is 10.0. The molecule has 0 aliphatic heterocycles. The molecule has 1 heterocycles. The van der Waals surface area contributed by atoms with Crippen molar-refractivity contribution in [3.05, 3.63) is 83.9 Å². The highest BCUT2D eigenvalue weighted by Crippen LogP contribution is 2.31. The lowest BCUT2D eigenvalue weighted by Gasteiger charge is -2.13. The van der Waals surface area contributed by atoms with Gasteiger partial charge in [0.05, 0.1) is 0 Å². The Morgan fingerprint density at radius 3 is 2.19 bits per heavy atom. The van der Waals surface area contributed by atoms with Gasteiger partial charge in [0, 0.05) is 36.0 Å². The topological polar surface area (TPSA) is 49.9 Å². The van der Waals surface area contributed by atoms with Crippen molar-refractivity contribution < 1.29 is 4.42 Å². The first-order valence-corrected chi connectivity index (χ1v) is 8.48. The second-order valence-corrected chi connectivity index (χ2v) is 5.91. The normalized spacial score (nSPS) is 12.7. The Hall–Kier alpha value is -3.40. The van der Waals surface area contributed by atoms with E-state index in [1.165, 1.54) is 0 Å². The number of para-hydroxylation sites is 1. The molecule has 0 atom stereocenters. The third-order valence-corrected chi connectivity index (χ3v) is 4.39. The van der Waals surface area contributed by atoms with E-state index in [0.29, 0.717) is 0 Å². The van der Waals surface area contributed by atoms with Crippen LogP contribution in [-0.4, -0.2) is 25.8 Å².